The zero-order valence-corrected chi connectivity index (χ0v) is 26.5. The molecule has 0 saturated heterocycles. The lowest BCUT2D eigenvalue weighted by atomic mass is 10.0. The van der Waals surface area contributed by atoms with Crippen molar-refractivity contribution in [1.82, 2.24) is 14.8 Å². The van der Waals surface area contributed by atoms with Crippen molar-refractivity contribution in [2.45, 2.75) is 0 Å². The van der Waals surface area contributed by atoms with Crippen LogP contribution in [0, 0.1) is 0 Å². The Balaban J connectivity index is 1.18. The number of hydrogen-bond donors (Lipinski definition) is 0. The van der Waals surface area contributed by atoms with Crippen LogP contribution in [-0.2, 0) is 0 Å². The molecule has 9 rings (SSSR count). The van der Waals surface area contributed by atoms with E-state index >= 15 is 0 Å². The van der Waals surface area contributed by atoms with Gasteiger partial charge in [0, 0.05) is 44.6 Å². The molecule has 5 heteroatoms. The summed E-state index contributed by atoms with van der Waals surface area (Å²) in [4.78, 5) is 2.31. The molecule has 2 aromatic heterocycles. The van der Waals surface area contributed by atoms with Gasteiger partial charge in [-0.05, 0) is 96.1 Å². The van der Waals surface area contributed by atoms with E-state index in [-0.39, 0.29) is 0 Å². The van der Waals surface area contributed by atoms with Gasteiger partial charge in [0.1, 0.15) is 0 Å². The normalized spacial score (nSPS) is 11.3. The van der Waals surface area contributed by atoms with E-state index in [4.69, 9.17) is 4.42 Å². The van der Waals surface area contributed by atoms with Crippen LogP contribution in [0.5, 0.6) is 0 Å². The molecule has 0 fully saturated rings. The van der Waals surface area contributed by atoms with Crippen LogP contribution >= 0.6 is 0 Å². The molecular formula is C44H30N4O. The lowest BCUT2D eigenvalue weighted by molar-refractivity contribution is 0.584. The molecular weight excluding hydrogens is 601 g/mol. The number of benzene rings is 7. The molecule has 0 aliphatic carbocycles. The number of anilines is 3. The third-order valence-electron chi connectivity index (χ3n) is 8.96. The highest BCUT2D eigenvalue weighted by molar-refractivity contribution is 6.10. The lowest BCUT2D eigenvalue weighted by Crippen LogP contribution is -2.10. The van der Waals surface area contributed by atoms with Crippen LogP contribution in [0.4, 0.5) is 17.1 Å². The minimum Gasteiger partial charge on any atom is -0.416 e. The third kappa shape index (κ3) is 5.24. The van der Waals surface area contributed by atoms with Crippen LogP contribution < -0.4 is 4.90 Å². The molecule has 0 unspecified atom stereocenters. The molecule has 0 saturated carbocycles. The zero-order chi connectivity index (χ0) is 32.6. The molecule has 0 amide bonds. The second kappa shape index (κ2) is 12.1. The molecule has 0 bridgehead atoms. The number of rotatable bonds is 7. The first-order valence-electron chi connectivity index (χ1n) is 16.3. The minimum absolute atomic E-state index is 0.484. The van der Waals surface area contributed by atoms with Crippen molar-refractivity contribution in [1.29, 1.82) is 0 Å². The van der Waals surface area contributed by atoms with E-state index in [9.17, 15) is 0 Å². The van der Waals surface area contributed by atoms with Gasteiger partial charge in [-0.25, -0.2) is 0 Å². The third-order valence-corrected chi connectivity index (χ3v) is 8.96. The first kappa shape index (κ1) is 28.5. The molecule has 0 N–H and O–H groups in total. The summed E-state index contributed by atoms with van der Waals surface area (Å²) in [5.74, 6) is 0.986. The first-order chi connectivity index (χ1) is 24.3. The second-order valence-electron chi connectivity index (χ2n) is 12.0. The van der Waals surface area contributed by atoms with Crippen LogP contribution in [0.3, 0.4) is 0 Å². The van der Waals surface area contributed by atoms with Gasteiger partial charge in [0.15, 0.2) is 0 Å². The molecule has 0 radical (unpaired) electrons. The van der Waals surface area contributed by atoms with Gasteiger partial charge >= 0.3 is 0 Å². The number of hydrogen-bond acceptors (Lipinski definition) is 4. The number of fused-ring (bicyclic) bond motifs is 3. The molecule has 9 aromatic rings. The summed E-state index contributed by atoms with van der Waals surface area (Å²) >= 11 is 0. The molecule has 0 atom stereocenters. The average molecular weight is 631 g/mol. The molecule has 0 aliphatic heterocycles. The summed E-state index contributed by atoms with van der Waals surface area (Å²) in [5, 5.41) is 11.1. The number of aromatic nitrogens is 3. The fourth-order valence-electron chi connectivity index (χ4n) is 6.65. The van der Waals surface area contributed by atoms with Gasteiger partial charge in [-0.2, -0.15) is 0 Å². The van der Waals surface area contributed by atoms with E-state index < -0.39 is 0 Å². The summed E-state index contributed by atoms with van der Waals surface area (Å²) in [6.45, 7) is 0. The van der Waals surface area contributed by atoms with Crippen LogP contribution in [0.15, 0.2) is 186 Å². The van der Waals surface area contributed by atoms with Crippen LogP contribution in [0.25, 0.3) is 61.5 Å². The smallest absolute Gasteiger partial charge is 0.248 e. The monoisotopic (exact) mass is 630 g/mol. The Kier molecular flexibility index (Phi) is 7.06. The van der Waals surface area contributed by atoms with Crippen molar-refractivity contribution in [3.63, 3.8) is 0 Å². The van der Waals surface area contributed by atoms with E-state index in [2.05, 4.69) is 159 Å². The quantitative estimate of drug-likeness (QED) is 0.176. The maximum atomic E-state index is 6.08. The Morgan fingerprint density at radius 1 is 0.388 bits per heavy atom. The molecule has 49 heavy (non-hydrogen) atoms. The fraction of sp³-hybridized carbons (Fsp3) is 0. The Hall–Kier alpha value is -6.72. The van der Waals surface area contributed by atoms with Gasteiger partial charge in [0.2, 0.25) is 11.8 Å². The predicted molar refractivity (Wildman–Crippen MR) is 200 cm³/mol. The molecule has 232 valence electrons. The Morgan fingerprint density at radius 3 is 1.67 bits per heavy atom. The van der Waals surface area contributed by atoms with Crippen molar-refractivity contribution in [2.24, 2.45) is 0 Å². The highest BCUT2D eigenvalue weighted by atomic mass is 16.4. The zero-order valence-electron chi connectivity index (χ0n) is 26.5. The first-order valence-corrected chi connectivity index (χ1v) is 16.3. The van der Waals surface area contributed by atoms with E-state index in [1.165, 1.54) is 21.9 Å². The van der Waals surface area contributed by atoms with E-state index in [0.717, 1.165) is 45.0 Å². The highest BCUT2D eigenvalue weighted by Gasteiger charge is 2.19. The summed E-state index contributed by atoms with van der Waals surface area (Å²) in [6, 6.07) is 63.4. The number of para-hydroxylation sites is 2. The summed E-state index contributed by atoms with van der Waals surface area (Å²) in [7, 11) is 0. The van der Waals surface area contributed by atoms with Gasteiger partial charge in [0.25, 0.3) is 0 Å². The van der Waals surface area contributed by atoms with Gasteiger partial charge < -0.3 is 13.9 Å². The van der Waals surface area contributed by atoms with Crippen LogP contribution in [0.1, 0.15) is 0 Å². The Bertz CT molecular complexity index is 2540. The standard InChI is InChI=1S/C44H30N4O/c1-4-13-31(14-5-1)34-17-12-20-37(29-34)47(36-25-23-33(24-26-36)44-46-45-43(49-44)32-15-6-2-7-16-32)38-27-28-42-40(30-38)39-21-10-11-22-41(39)48(42)35-18-8-3-9-19-35/h1-30H. The summed E-state index contributed by atoms with van der Waals surface area (Å²) in [5.41, 5.74) is 10.7. The van der Waals surface area contributed by atoms with Gasteiger partial charge in [0.05, 0.1) is 11.0 Å². The topological polar surface area (TPSA) is 47.1 Å². The van der Waals surface area contributed by atoms with Gasteiger partial charge in [-0.15, -0.1) is 10.2 Å². The molecule has 7 aromatic carbocycles. The Labute approximate surface area is 284 Å². The molecule has 0 aliphatic rings. The largest absolute Gasteiger partial charge is 0.416 e. The number of nitrogens with zero attached hydrogens (tertiary/aromatic N) is 4. The highest BCUT2D eigenvalue weighted by Crippen LogP contribution is 2.41. The maximum Gasteiger partial charge on any atom is 0.248 e. The van der Waals surface area contributed by atoms with Crippen molar-refractivity contribution in [2.75, 3.05) is 4.90 Å². The van der Waals surface area contributed by atoms with Gasteiger partial charge in [-0.3, -0.25) is 0 Å². The Morgan fingerprint density at radius 2 is 0.939 bits per heavy atom. The van der Waals surface area contributed by atoms with Crippen molar-refractivity contribution in [3.8, 4) is 39.7 Å². The maximum absolute atomic E-state index is 6.08. The van der Waals surface area contributed by atoms with E-state index in [1.54, 1.807) is 0 Å². The predicted octanol–water partition coefficient (Wildman–Crippen LogP) is 11.6. The lowest BCUT2D eigenvalue weighted by Gasteiger charge is -2.26. The fourth-order valence-corrected chi connectivity index (χ4v) is 6.65. The molecule has 0 spiro atoms. The summed E-state index contributed by atoms with van der Waals surface area (Å²) < 4.78 is 8.42. The van der Waals surface area contributed by atoms with Crippen molar-refractivity contribution >= 4 is 38.9 Å². The molecule has 2 heterocycles. The van der Waals surface area contributed by atoms with E-state index in [0.29, 0.717) is 11.8 Å². The van der Waals surface area contributed by atoms with E-state index in [1.807, 2.05) is 42.5 Å². The van der Waals surface area contributed by atoms with Crippen molar-refractivity contribution < 1.29 is 4.42 Å². The van der Waals surface area contributed by atoms with Gasteiger partial charge in [-0.1, -0.05) is 97.1 Å². The average Bonchev–Trinajstić information content (AvgIpc) is 3.80. The SMILES string of the molecule is c1ccc(-c2cccc(N(c3ccc(-c4nnc(-c5ccccc5)o4)cc3)c3ccc4c(c3)c3ccccc3n4-c3ccccc3)c2)cc1. The second-order valence-corrected chi connectivity index (χ2v) is 12.0. The minimum atomic E-state index is 0.484. The molecule has 5 nitrogen and oxygen atoms in total. The van der Waals surface area contributed by atoms with Crippen LogP contribution in [-0.4, -0.2) is 14.8 Å². The van der Waals surface area contributed by atoms with Crippen molar-refractivity contribution in [3.05, 3.63) is 182 Å². The van der Waals surface area contributed by atoms with Crippen LogP contribution in [0.2, 0.25) is 0 Å². The summed E-state index contributed by atoms with van der Waals surface area (Å²) in [6.07, 6.45) is 0.